The van der Waals surface area contributed by atoms with E-state index >= 15 is 0 Å². The molecule has 0 fully saturated rings. The minimum Gasteiger partial charge on any atom is -0.476 e. The standard InChI is InChI=1S/C18H13BrN4O2/c1-10-17-16(18(24)25)21-9-23(17)14-6-5-11(19)8-12(14)15(22-10)13-4-2-3-7-20-13/h2-10H,1H3,(H,24,25)/t10-/m1/s1. The quantitative estimate of drug-likeness (QED) is 0.716. The Labute approximate surface area is 152 Å². The second-order valence-corrected chi connectivity index (χ2v) is 6.60. The van der Waals surface area contributed by atoms with Crippen LogP contribution in [0, 0.1) is 0 Å². The average Bonchev–Trinajstić information content (AvgIpc) is 3.01. The molecular weight excluding hydrogens is 384 g/mol. The van der Waals surface area contributed by atoms with Gasteiger partial charge in [0.2, 0.25) is 0 Å². The number of carboxylic acid groups (broad SMARTS) is 1. The molecule has 124 valence electrons. The number of carbonyl (C=O) groups is 1. The van der Waals surface area contributed by atoms with E-state index in [2.05, 4.69) is 25.9 Å². The maximum Gasteiger partial charge on any atom is 0.356 e. The fraction of sp³-hybridized carbons (Fsp3) is 0.111. The van der Waals surface area contributed by atoms with Crippen molar-refractivity contribution in [2.45, 2.75) is 13.0 Å². The van der Waals surface area contributed by atoms with Gasteiger partial charge in [0.1, 0.15) is 6.33 Å². The van der Waals surface area contributed by atoms with Crippen LogP contribution in [0.2, 0.25) is 0 Å². The first-order valence-corrected chi connectivity index (χ1v) is 8.45. The van der Waals surface area contributed by atoms with E-state index in [1.54, 1.807) is 17.1 Å². The van der Waals surface area contributed by atoms with Gasteiger partial charge < -0.3 is 5.11 Å². The number of imidazole rings is 1. The topological polar surface area (TPSA) is 80.4 Å². The van der Waals surface area contributed by atoms with Gasteiger partial charge in [0, 0.05) is 16.2 Å². The molecule has 1 N–H and O–H groups in total. The van der Waals surface area contributed by atoms with Crippen molar-refractivity contribution in [3.05, 3.63) is 76.0 Å². The van der Waals surface area contributed by atoms with Crippen LogP contribution in [0.3, 0.4) is 0 Å². The van der Waals surface area contributed by atoms with Gasteiger partial charge in [-0.15, -0.1) is 0 Å². The molecule has 3 aromatic rings. The maximum absolute atomic E-state index is 11.6. The summed E-state index contributed by atoms with van der Waals surface area (Å²) in [6, 6.07) is 11.1. The summed E-state index contributed by atoms with van der Waals surface area (Å²) in [6.07, 6.45) is 3.26. The number of rotatable bonds is 2. The first kappa shape index (κ1) is 15.7. The average molecular weight is 397 g/mol. The van der Waals surface area contributed by atoms with Gasteiger partial charge in [0.25, 0.3) is 0 Å². The zero-order valence-electron chi connectivity index (χ0n) is 13.2. The molecule has 0 radical (unpaired) electrons. The number of aromatic carboxylic acids is 1. The summed E-state index contributed by atoms with van der Waals surface area (Å²) in [4.78, 5) is 24.9. The fourth-order valence-corrected chi connectivity index (χ4v) is 3.41. The monoisotopic (exact) mass is 396 g/mol. The zero-order valence-corrected chi connectivity index (χ0v) is 14.8. The molecule has 0 unspecified atom stereocenters. The van der Waals surface area contributed by atoms with E-state index < -0.39 is 5.97 Å². The zero-order chi connectivity index (χ0) is 17.6. The number of nitrogens with zero attached hydrogens (tertiary/aromatic N) is 4. The van der Waals surface area contributed by atoms with E-state index in [0.29, 0.717) is 5.69 Å². The third-order valence-electron chi connectivity index (χ3n) is 4.11. The predicted molar refractivity (Wildman–Crippen MR) is 96.5 cm³/mol. The second-order valence-electron chi connectivity index (χ2n) is 5.68. The molecule has 1 aliphatic heterocycles. The summed E-state index contributed by atoms with van der Waals surface area (Å²) in [5, 5.41) is 9.47. The molecule has 7 heteroatoms. The third-order valence-corrected chi connectivity index (χ3v) is 4.60. The van der Waals surface area contributed by atoms with E-state index in [-0.39, 0.29) is 11.7 Å². The lowest BCUT2D eigenvalue weighted by Crippen LogP contribution is -2.08. The fourth-order valence-electron chi connectivity index (χ4n) is 3.05. The number of hydrogen-bond acceptors (Lipinski definition) is 4. The van der Waals surface area contributed by atoms with Crippen LogP contribution in [-0.2, 0) is 0 Å². The lowest BCUT2D eigenvalue weighted by atomic mass is 10.0. The minimum atomic E-state index is -1.06. The molecule has 1 aliphatic rings. The Morgan fingerprint density at radius 1 is 1.24 bits per heavy atom. The van der Waals surface area contributed by atoms with E-state index in [1.165, 1.54) is 0 Å². The Hall–Kier alpha value is -2.80. The number of aromatic nitrogens is 3. The van der Waals surface area contributed by atoms with Crippen LogP contribution in [0.5, 0.6) is 0 Å². The van der Waals surface area contributed by atoms with Crippen molar-refractivity contribution < 1.29 is 9.90 Å². The minimum absolute atomic E-state index is 0.0207. The van der Waals surface area contributed by atoms with Gasteiger partial charge in [0.15, 0.2) is 5.69 Å². The molecule has 0 aliphatic carbocycles. The summed E-state index contributed by atoms with van der Waals surface area (Å²) >= 11 is 3.51. The molecule has 0 bridgehead atoms. The Kier molecular flexibility index (Phi) is 3.73. The Morgan fingerprint density at radius 3 is 2.80 bits per heavy atom. The van der Waals surface area contributed by atoms with Crippen molar-refractivity contribution in [2.75, 3.05) is 0 Å². The van der Waals surface area contributed by atoms with Crippen molar-refractivity contribution in [3.8, 4) is 5.69 Å². The van der Waals surface area contributed by atoms with Gasteiger partial charge in [0.05, 0.1) is 28.8 Å². The van der Waals surface area contributed by atoms with Crippen LogP contribution in [0.1, 0.15) is 40.4 Å². The lowest BCUT2D eigenvalue weighted by Gasteiger charge is -2.11. The summed E-state index contributed by atoms with van der Waals surface area (Å²) < 4.78 is 2.71. The molecule has 0 spiro atoms. The van der Waals surface area contributed by atoms with Gasteiger partial charge in [-0.25, -0.2) is 9.78 Å². The maximum atomic E-state index is 11.6. The van der Waals surface area contributed by atoms with Crippen LogP contribution < -0.4 is 0 Å². The highest BCUT2D eigenvalue weighted by atomic mass is 79.9. The number of fused-ring (bicyclic) bond motifs is 3. The molecule has 0 saturated carbocycles. The number of pyridine rings is 1. The summed E-state index contributed by atoms with van der Waals surface area (Å²) in [6.45, 7) is 1.86. The SMILES string of the molecule is C[C@H]1N=C(c2ccccn2)c2cc(Br)ccc2-n2cnc(C(=O)O)c21. The summed E-state index contributed by atoms with van der Waals surface area (Å²) in [5.41, 5.74) is 3.74. The Morgan fingerprint density at radius 2 is 2.08 bits per heavy atom. The van der Waals surface area contributed by atoms with Crippen LogP contribution in [0.4, 0.5) is 0 Å². The molecule has 0 amide bonds. The number of aliphatic imine (C=N–C) groups is 1. The van der Waals surface area contributed by atoms with Gasteiger partial charge in [-0.3, -0.25) is 14.5 Å². The highest BCUT2D eigenvalue weighted by molar-refractivity contribution is 9.10. The molecule has 3 heterocycles. The molecule has 4 rings (SSSR count). The van der Waals surface area contributed by atoms with Crippen LogP contribution >= 0.6 is 15.9 Å². The molecule has 6 nitrogen and oxygen atoms in total. The first-order valence-electron chi connectivity index (χ1n) is 7.66. The normalized spacial score (nSPS) is 15.8. The molecule has 25 heavy (non-hydrogen) atoms. The largest absolute Gasteiger partial charge is 0.476 e. The first-order chi connectivity index (χ1) is 12.1. The second kappa shape index (κ2) is 5.93. The van der Waals surface area contributed by atoms with Crippen LogP contribution in [0.15, 0.2) is 58.4 Å². The molecule has 1 aromatic carbocycles. The van der Waals surface area contributed by atoms with Crippen molar-refractivity contribution in [1.29, 1.82) is 0 Å². The summed E-state index contributed by atoms with van der Waals surface area (Å²) in [5.74, 6) is -1.06. The van der Waals surface area contributed by atoms with E-state index in [1.807, 2.05) is 43.3 Å². The van der Waals surface area contributed by atoms with E-state index in [0.717, 1.165) is 27.1 Å². The van der Waals surface area contributed by atoms with Gasteiger partial charge in [-0.05, 0) is 37.3 Å². The van der Waals surface area contributed by atoms with Crippen molar-refractivity contribution in [2.24, 2.45) is 4.99 Å². The number of benzene rings is 1. The number of hydrogen-bond donors (Lipinski definition) is 1. The molecule has 0 saturated heterocycles. The third kappa shape index (κ3) is 2.56. The highest BCUT2D eigenvalue weighted by Gasteiger charge is 2.28. The molecular formula is C18H13BrN4O2. The number of halogens is 1. The van der Waals surface area contributed by atoms with E-state index in [9.17, 15) is 9.90 Å². The Balaban J connectivity index is 2.05. The predicted octanol–water partition coefficient (Wildman–Crippen LogP) is 3.64. The van der Waals surface area contributed by atoms with E-state index in [4.69, 9.17) is 4.99 Å². The van der Waals surface area contributed by atoms with Crippen molar-refractivity contribution >= 4 is 27.6 Å². The van der Waals surface area contributed by atoms with Crippen LogP contribution in [-0.4, -0.2) is 31.3 Å². The highest BCUT2D eigenvalue weighted by Crippen LogP contribution is 2.33. The lowest BCUT2D eigenvalue weighted by molar-refractivity contribution is 0.0689. The van der Waals surface area contributed by atoms with Crippen molar-refractivity contribution in [3.63, 3.8) is 0 Å². The van der Waals surface area contributed by atoms with Crippen LogP contribution in [0.25, 0.3) is 5.69 Å². The van der Waals surface area contributed by atoms with Gasteiger partial charge in [-0.1, -0.05) is 22.0 Å². The molecule has 2 aromatic heterocycles. The molecule has 1 atom stereocenters. The van der Waals surface area contributed by atoms with Gasteiger partial charge >= 0.3 is 5.97 Å². The Bertz CT molecular complexity index is 1010. The smallest absolute Gasteiger partial charge is 0.356 e. The van der Waals surface area contributed by atoms with Crippen molar-refractivity contribution in [1.82, 2.24) is 14.5 Å². The van der Waals surface area contributed by atoms with Gasteiger partial charge in [-0.2, -0.15) is 0 Å². The summed E-state index contributed by atoms with van der Waals surface area (Å²) in [7, 11) is 0. The number of carboxylic acids is 1.